The van der Waals surface area contributed by atoms with Gasteiger partial charge in [0.15, 0.2) is 17.3 Å². The number of nitrogen functional groups attached to an aromatic ring is 1. The molecule has 22 atom stereocenters. The topological polar surface area (TPSA) is 824 Å². The number of benzene rings is 3. The van der Waals surface area contributed by atoms with Crippen LogP contribution in [0, 0.1) is 17.3 Å². The number of hydrogen-bond acceptors (Lipinski definition) is 40. The van der Waals surface area contributed by atoms with E-state index in [1.165, 1.54) is 64.4 Å². The number of esters is 2. The molecule has 3 heterocycles. The lowest BCUT2D eigenvalue weighted by molar-refractivity contribution is -0.180. The van der Waals surface area contributed by atoms with Crippen LogP contribution in [0.4, 0.5) is 16.4 Å². The van der Waals surface area contributed by atoms with Crippen LogP contribution in [0.1, 0.15) is 120 Å². The first-order valence-electron chi connectivity index (χ1n) is 44.1. The molecule has 142 heavy (non-hydrogen) atoms. The molecule has 1 aliphatic rings. The SMILES string of the molecule is COc1ccc(C[C@H]2NC(=O)/C=C/C[C@@H]([C@H](C)[C@@H](OC(=O)OCCSSC[C@@H](NC(=O)[C@@H](NC(=O)[C@H](CC(=O)O)NC(=O)C(NC(=O)[C@H](CC(=O)O)NC(=O)[C@@H](NC(=O)CC[C@@H](C)NC(=O)c3ccc(NCc4cnc5nc(N)[nH]c(=O)c5n4)cc3)[C@@H](O)[C@H](O)[C@H](O)CO)[C@@H](O)[C@H](O)[C@H](O)CO)[C@@H](O)[C@H](O)[C@H](O)CO)C(=O)O)[C@@H](C)c3ccccc3)OC(=O)[C@H](CC(C)C)OC(=O)C(C)(C)CNC2=O)cc1Cl. The molecule has 54 heteroatoms. The predicted molar refractivity (Wildman–Crippen MR) is 500 cm³/mol. The number of fused-ring (bicyclic) bond motifs is 1. The number of nitrogens with two attached hydrogens (primary N) is 1. The van der Waals surface area contributed by atoms with Gasteiger partial charge in [-0.25, -0.2) is 24.4 Å². The Bertz CT molecular complexity index is 5250. The zero-order valence-electron chi connectivity index (χ0n) is 77.9. The number of hydrogen-bond donors (Lipinski definition) is 27. The Morgan fingerprint density at radius 3 is 1.73 bits per heavy atom. The van der Waals surface area contributed by atoms with Crippen molar-refractivity contribution in [2.45, 2.75) is 227 Å². The minimum atomic E-state index is -2.98. The first-order valence-corrected chi connectivity index (χ1v) is 47.0. The molecule has 0 spiro atoms. The van der Waals surface area contributed by atoms with E-state index in [1.807, 2.05) is 10.6 Å². The molecule has 3 aromatic carbocycles. The van der Waals surface area contributed by atoms with E-state index in [2.05, 4.69) is 41.2 Å². The Morgan fingerprint density at radius 1 is 0.655 bits per heavy atom. The molecule has 2 aromatic heterocycles. The number of nitrogens with one attached hydrogen (secondary N) is 11. The summed E-state index contributed by atoms with van der Waals surface area (Å²) in [4.78, 5) is 233. The van der Waals surface area contributed by atoms with Crippen LogP contribution in [0.15, 0.2) is 95.9 Å². The molecular weight excluding hydrogens is 1940 g/mol. The fourth-order valence-corrected chi connectivity index (χ4v) is 16.1. The van der Waals surface area contributed by atoms with Gasteiger partial charge in [0, 0.05) is 66.4 Å². The Hall–Kier alpha value is -12.6. The van der Waals surface area contributed by atoms with Gasteiger partial charge in [-0.15, -0.1) is 0 Å². The summed E-state index contributed by atoms with van der Waals surface area (Å²) in [6, 6.07) is 1.40. The van der Waals surface area contributed by atoms with E-state index in [0.717, 1.165) is 16.9 Å². The maximum absolute atomic E-state index is 14.5. The van der Waals surface area contributed by atoms with Crippen LogP contribution in [0.3, 0.4) is 0 Å². The van der Waals surface area contributed by atoms with Gasteiger partial charge < -0.3 is 159 Å². The van der Waals surface area contributed by atoms with Gasteiger partial charge in [-0.05, 0) is 93.1 Å². The molecule has 0 radical (unpaired) electrons. The molecule has 28 N–H and O–H groups in total. The number of aromatic amines is 1. The second-order valence-corrected chi connectivity index (χ2v) is 37.1. The van der Waals surface area contributed by atoms with Gasteiger partial charge in [-0.1, -0.05) is 103 Å². The Kier molecular flexibility index (Phi) is 47.3. The lowest BCUT2D eigenvalue weighted by atomic mass is 9.84. The number of anilines is 2. The summed E-state index contributed by atoms with van der Waals surface area (Å²) in [7, 11) is 2.92. The van der Waals surface area contributed by atoms with E-state index < -0.39 is 285 Å². The third-order valence-corrected chi connectivity index (χ3v) is 24.7. The van der Waals surface area contributed by atoms with E-state index in [0.29, 0.717) is 39.1 Å². The largest absolute Gasteiger partial charge is 0.508 e. The van der Waals surface area contributed by atoms with Crippen molar-refractivity contribution in [2.75, 3.05) is 62.6 Å². The lowest BCUT2D eigenvalue weighted by Gasteiger charge is -2.34. The van der Waals surface area contributed by atoms with Crippen LogP contribution in [0.5, 0.6) is 5.75 Å². The summed E-state index contributed by atoms with van der Waals surface area (Å²) in [5.74, 6) is -23.2. The number of halogens is 1. The van der Waals surface area contributed by atoms with Crippen LogP contribution in [-0.2, 0) is 94.2 Å². The molecule has 51 nitrogen and oxygen atoms in total. The van der Waals surface area contributed by atoms with E-state index in [1.54, 1.807) is 97.5 Å². The monoisotopic (exact) mass is 2060 g/mol. The lowest BCUT2D eigenvalue weighted by Crippen LogP contribution is -2.66. The van der Waals surface area contributed by atoms with Gasteiger partial charge in [0.05, 0.1) is 68.6 Å². The normalized spacial score (nSPS) is 19.0. The number of aliphatic carboxylic acids is 3. The summed E-state index contributed by atoms with van der Waals surface area (Å²) < 4.78 is 28.8. The zero-order valence-corrected chi connectivity index (χ0v) is 80.3. The highest BCUT2D eigenvalue weighted by atomic mass is 35.5. The molecule has 0 fully saturated rings. The molecule has 9 amide bonds. The van der Waals surface area contributed by atoms with E-state index in [9.17, 15) is 153 Å². The number of cyclic esters (lactones) is 2. The molecule has 6 rings (SSSR count). The fraction of sp³-hybridized carbons (Fsp3) is 0.534. The first kappa shape index (κ1) is 118. The van der Waals surface area contributed by atoms with Crippen LogP contribution in [-0.4, -0.2) is 359 Å². The Balaban J connectivity index is 1.15. The average molecular weight is 2060 g/mol. The molecule has 1 aliphatic heterocycles. The second-order valence-electron chi connectivity index (χ2n) is 34.1. The highest BCUT2D eigenvalue weighted by molar-refractivity contribution is 8.76. The van der Waals surface area contributed by atoms with Crippen molar-refractivity contribution in [3.8, 4) is 5.75 Å². The predicted octanol–water partition coefficient (Wildman–Crippen LogP) is -5.32. The zero-order chi connectivity index (χ0) is 106. The standard InChI is InChI=1S/C88H120ClN15O36S2/c1-39(2)27-58-84(133)138-56(15-12-16-59(111)96-49(29-43-18-23-57(136-8)48(89)28-43)76(124)93-38-88(6,7)85(134)139-58)42(5)73(41(4)44-13-10-9-11-14-44)140-87(135)137-25-26-141-142-37-52(83(131)132)99-81(129)65(72(122)69(119)55(110)36-107)102-78(126)51(31-62(115)116)98-80(128)64(71(121)68(118)54(109)35-106)101-77(125)50(30-61(113)114)97-79(127)63(70(120)67(117)53(108)34-105)100-60(112)24-17-40(3)94-75(123)45-19-21-46(22-20-45)91-32-47-33-92-74-66(95-47)82(130)104-86(90)103-74/h9-14,16,18-23,28,33,39-42,49-56,58,63-65,67-73,91,105-110,117-122H,15,17,24-27,29-32,34-38H2,1-8H3,(H,93,124)(H,94,123)(H,96,111)(H,97,127)(H,98,128)(H,99,129)(H,100,112)(H,101,125)(H,102,126)(H,113,114)(H,115,116)(H,131,132)(H3,90,92,103,104,130)/b16-12+/t40-,41+,42+,49-,50+,51+,52-,53-,54-,55-,56+,58+,63+,64?,65+,67-,68-,69-,70-,71-,72-,73+/m1/s1. The summed E-state index contributed by atoms with van der Waals surface area (Å²) in [6.45, 7) is 6.30. The van der Waals surface area contributed by atoms with Crippen molar-refractivity contribution < 1.29 is 172 Å². The van der Waals surface area contributed by atoms with Crippen LogP contribution >= 0.6 is 33.2 Å². The smallest absolute Gasteiger partial charge is 0.495 e. The molecule has 0 saturated heterocycles. The maximum atomic E-state index is 14.5. The molecule has 1 unspecified atom stereocenters. The van der Waals surface area contributed by atoms with Gasteiger partial charge in [-0.2, -0.15) is 4.98 Å². The average Bonchev–Trinajstić information content (AvgIpc) is 0.806. The highest BCUT2D eigenvalue weighted by Crippen LogP contribution is 2.34. The number of carboxylic acid groups (broad SMARTS) is 3. The van der Waals surface area contributed by atoms with Crippen molar-refractivity contribution in [3.05, 3.63) is 129 Å². The number of H-pyrrole nitrogens is 1. The van der Waals surface area contributed by atoms with Crippen molar-refractivity contribution >= 4 is 145 Å². The van der Waals surface area contributed by atoms with Gasteiger partial charge in [0.25, 0.3) is 11.5 Å². The minimum Gasteiger partial charge on any atom is -0.495 e. The fourth-order valence-electron chi connectivity index (χ4n) is 13.8. The number of aromatic nitrogens is 4. The summed E-state index contributed by atoms with van der Waals surface area (Å²) in [5, 5.41) is 180. The summed E-state index contributed by atoms with van der Waals surface area (Å²) in [6.07, 6.45) is -29.7. The van der Waals surface area contributed by atoms with E-state index >= 15 is 0 Å². The number of carbonyl (C=O) groups is 15. The van der Waals surface area contributed by atoms with Gasteiger partial charge >= 0.3 is 36.0 Å². The number of carboxylic acids is 3. The van der Waals surface area contributed by atoms with Crippen molar-refractivity contribution in [2.24, 2.45) is 17.3 Å². The molecule has 782 valence electrons. The van der Waals surface area contributed by atoms with Crippen molar-refractivity contribution in [1.82, 2.24) is 67.8 Å². The Morgan fingerprint density at radius 2 is 1.20 bits per heavy atom. The minimum absolute atomic E-state index is 0.0159. The second kappa shape index (κ2) is 56.9. The number of ether oxygens (including phenoxy) is 5. The summed E-state index contributed by atoms with van der Waals surface area (Å²) in [5.41, 5.74) is 5.50. The van der Waals surface area contributed by atoms with Gasteiger partial charge in [0.1, 0.15) is 122 Å². The van der Waals surface area contributed by atoms with Crippen molar-refractivity contribution in [1.29, 1.82) is 0 Å². The van der Waals surface area contributed by atoms with Crippen LogP contribution in [0.2, 0.25) is 5.02 Å². The van der Waals surface area contributed by atoms with Crippen LogP contribution in [0.25, 0.3) is 11.2 Å². The number of rotatable bonds is 52. The number of carbonyl (C=O) groups excluding carboxylic acids is 12. The number of amides is 9. The van der Waals surface area contributed by atoms with Crippen LogP contribution < -0.4 is 69.2 Å². The van der Waals surface area contributed by atoms with E-state index in [-0.39, 0.29) is 78.1 Å². The number of aliphatic hydroxyl groups is 12. The van der Waals surface area contributed by atoms with Gasteiger partial charge in [0.2, 0.25) is 53.2 Å². The number of aliphatic hydroxyl groups excluding tert-OH is 12. The molecule has 5 aromatic rings. The van der Waals surface area contributed by atoms with Gasteiger partial charge in [-0.3, -0.25) is 67.3 Å². The highest BCUT2D eigenvalue weighted by Gasteiger charge is 2.47. The molecule has 0 bridgehead atoms. The first-order chi connectivity index (χ1) is 66.9. The maximum Gasteiger partial charge on any atom is 0.508 e. The quantitative estimate of drug-likeness (QED) is 0.00748. The van der Waals surface area contributed by atoms with Crippen molar-refractivity contribution in [3.63, 3.8) is 0 Å². The number of methoxy groups -OCH3 is 1. The van der Waals surface area contributed by atoms with E-state index in [4.69, 9.17) is 41.0 Å². The third kappa shape index (κ3) is 36.4. The molecular formula is C88H120ClN15O36S2. The number of nitrogens with zero attached hydrogens (tertiary/aromatic N) is 3. The third-order valence-electron chi connectivity index (χ3n) is 22.0. The molecule has 0 aliphatic carbocycles. The summed E-state index contributed by atoms with van der Waals surface area (Å²) >= 11 is 6.41. The Labute approximate surface area is 823 Å². The molecule has 0 saturated carbocycles.